The van der Waals surface area contributed by atoms with Crippen molar-refractivity contribution < 1.29 is 5.11 Å². The summed E-state index contributed by atoms with van der Waals surface area (Å²) in [6.45, 7) is 0. The summed E-state index contributed by atoms with van der Waals surface area (Å²) in [6.07, 6.45) is 6.63. The van der Waals surface area contributed by atoms with E-state index in [4.69, 9.17) is 0 Å². The Morgan fingerprint density at radius 2 is 2.31 bits per heavy atom. The lowest BCUT2D eigenvalue weighted by molar-refractivity contribution is 0.0671. The fourth-order valence-corrected chi connectivity index (χ4v) is 4.22. The van der Waals surface area contributed by atoms with Crippen molar-refractivity contribution in [2.75, 3.05) is 0 Å². The molecule has 0 amide bonds. The van der Waals surface area contributed by atoms with E-state index >= 15 is 0 Å². The second-order valence-corrected chi connectivity index (χ2v) is 6.14. The van der Waals surface area contributed by atoms with Crippen molar-refractivity contribution in [1.82, 2.24) is 9.78 Å². The van der Waals surface area contributed by atoms with Gasteiger partial charge in [-0.25, -0.2) is 0 Å². The number of hydrogen-bond donors (Lipinski definition) is 1. The van der Waals surface area contributed by atoms with Gasteiger partial charge in [-0.2, -0.15) is 5.10 Å². The van der Waals surface area contributed by atoms with Crippen LogP contribution in [0.1, 0.15) is 37.5 Å². The lowest BCUT2D eigenvalue weighted by Crippen LogP contribution is -2.21. The van der Waals surface area contributed by atoms with Gasteiger partial charge in [0.2, 0.25) is 0 Å². The summed E-state index contributed by atoms with van der Waals surface area (Å²) < 4.78 is 2.73. The van der Waals surface area contributed by atoms with Crippen LogP contribution in [0.3, 0.4) is 0 Å². The van der Waals surface area contributed by atoms with E-state index in [1.807, 2.05) is 7.05 Å². The maximum atomic E-state index is 10.5. The van der Waals surface area contributed by atoms with Gasteiger partial charge in [-0.05, 0) is 52.9 Å². The molecule has 3 rings (SSSR count). The summed E-state index contributed by atoms with van der Waals surface area (Å²) in [5, 5.41) is 14.7. The van der Waals surface area contributed by atoms with Crippen LogP contribution in [0, 0.1) is 17.8 Å². The average Bonchev–Trinajstić information content (AvgIpc) is 2.93. The van der Waals surface area contributed by atoms with Crippen LogP contribution in [0.2, 0.25) is 0 Å². The van der Waals surface area contributed by atoms with Crippen LogP contribution in [-0.4, -0.2) is 14.9 Å². The molecule has 1 aromatic heterocycles. The SMILES string of the molecule is Cn1ncc(Br)c1C(O)C1CC2CCC1C2. The molecule has 2 aliphatic carbocycles. The Kier molecular flexibility index (Phi) is 2.59. The molecule has 0 radical (unpaired) electrons. The molecule has 0 aromatic carbocycles. The molecule has 1 heterocycles. The summed E-state index contributed by atoms with van der Waals surface area (Å²) in [5.74, 6) is 2.06. The van der Waals surface area contributed by atoms with Gasteiger partial charge in [0.1, 0.15) is 0 Å². The van der Waals surface area contributed by atoms with E-state index in [1.54, 1.807) is 10.9 Å². The van der Waals surface area contributed by atoms with Gasteiger partial charge in [0.15, 0.2) is 0 Å². The number of fused-ring (bicyclic) bond motifs is 2. The zero-order chi connectivity index (χ0) is 11.3. The molecular formula is C12H17BrN2O. The van der Waals surface area contributed by atoms with Crippen LogP contribution in [0.5, 0.6) is 0 Å². The van der Waals surface area contributed by atoms with E-state index in [1.165, 1.54) is 25.7 Å². The highest BCUT2D eigenvalue weighted by Crippen LogP contribution is 2.52. The van der Waals surface area contributed by atoms with Crippen molar-refractivity contribution in [3.63, 3.8) is 0 Å². The molecular weight excluding hydrogens is 268 g/mol. The number of nitrogens with zero attached hydrogens (tertiary/aromatic N) is 2. The zero-order valence-corrected chi connectivity index (χ0v) is 11.0. The van der Waals surface area contributed by atoms with Crippen molar-refractivity contribution in [3.8, 4) is 0 Å². The number of halogens is 1. The molecule has 0 aliphatic heterocycles. The Bertz CT molecular complexity index is 384. The monoisotopic (exact) mass is 284 g/mol. The number of aliphatic hydroxyl groups excluding tert-OH is 1. The largest absolute Gasteiger partial charge is 0.386 e. The fraction of sp³-hybridized carbons (Fsp3) is 0.750. The van der Waals surface area contributed by atoms with Crippen LogP contribution < -0.4 is 0 Å². The molecule has 2 fully saturated rings. The maximum Gasteiger partial charge on any atom is 0.0998 e. The molecule has 4 unspecified atom stereocenters. The molecule has 0 spiro atoms. The Morgan fingerprint density at radius 1 is 1.50 bits per heavy atom. The summed E-state index contributed by atoms with van der Waals surface area (Å²) in [5.41, 5.74) is 0.942. The summed E-state index contributed by atoms with van der Waals surface area (Å²) >= 11 is 3.47. The second-order valence-electron chi connectivity index (χ2n) is 5.28. The Labute approximate surface area is 104 Å². The van der Waals surface area contributed by atoms with Crippen LogP contribution in [0.25, 0.3) is 0 Å². The van der Waals surface area contributed by atoms with Crippen molar-refractivity contribution >= 4 is 15.9 Å². The van der Waals surface area contributed by atoms with Crippen molar-refractivity contribution in [2.24, 2.45) is 24.8 Å². The van der Waals surface area contributed by atoms with E-state index in [0.29, 0.717) is 5.92 Å². The van der Waals surface area contributed by atoms with E-state index in [-0.39, 0.29) is 6.10 Å². The van der Waals surface area contributed by atoms with Gasteiger partial charge in [-0.15, -0.1) is 0 Å². The third-order valence-corrected chi connectivity index (χ3v) is 5.03. The number of aliphatic hydroxyl groups is 1. The highest BCUT2D eigenvalue weighted by molar-refractivity contribution is 9.10. The molecule has 2 aliphatic rings. The Hall–Kier alpha value is -0.350. The zero-order valence-electron chi connectivity index (χ0n) is 9.43. The number of rotatable bonds is 2. The second kappa shape index (κ2) is 3.84. The summed E-state index contributed by atoms with van der Waals surface area (Å²) in [7, 11) is 1.90. The van der Waals surface area contributed by atoms with Crippen LogP contribution in [0.4, 0.5) is 0 Å². The molecule has 1 N–H and O–H groups in total. The lowest BCUT2D eigenvalue weighted by atomic mass is 9.83. The van der Waals surface area contributed by atoms with E-state index in [2.05, 4.69) is 21.0 Å². The van der Waals surface area contributed by atoms with Gasteiger partial charge < -0.3 is 5.11 Å². The molecule has 3 nitrogen and oxygen atoms in total. The molecule has 16 heavy (non-hydrogen) atoms. The minimum atomic E-state index is -0.350. The first-order valence-corrected chi connectivity index (χ1v) is 6.81. The first kappa shape index (κ1) is 10.8. The molecule has 1 aromatic rings. The van der Waals surface area contributed by atoms with Gasteiger partial charge in [0.05, 0.1) is 22.5 Å². The number of hydrogen-bond acceptors (Lipinski definition) is 2. The Balaban J connectivity index is 1.85. The van der Waals surface area contributed by atoms with Crippen molar-refractivity contribution in [3.05, 3.63) is 16.4 Å². The maximum absolute atomic E-state index is 10.5. The molecule has 2 saturated carbocycles. The number of aryl methyl sites for hydroxylation is 1. The van der Waals surface area contributed by atoms with Crippen molar-refractivity contribution in [1.29, 1.82) is 0 Å². The van der Waals surface area contributed by atoms with Gasteiger partial charge in [-0.1, -0.05) is 6.42 Å². The van der Waals surface area contributed by atoms with E-state index in [0.717, 1.165) is 22.0 Å². The minimum absolute atomic E-state index is 0.350. The molecule has 4 heteroatoms. The average molecular weight is 285 g/mol. The predicted octanol–water partition coefficient (Wildman–Crippen LogP) is 2.65. The number of aromatic nitrogens is 2. The van der Waals surface area contributed by atoms with Crippen LogP contribution >= 0.6 is 15.9 Å². The lowest BCUT2D eigenvalue weighted by Gasteiger charge is -2.27. The topological polar surface area (TPSA) is 38.0 Å². The molecule has 2 bridgehead atoms. The van der Waals surface area contributed by atoms with Gasteiger partial charge in [0.25, 0.3) is 0 Å². The van der Waals surface area contributed by atoms with E-state index < -0.39 is 0 Å². The Morgan fingerprint density at radius 3 is 2.81 bits per heavy atom. The normalized spacial score (nSPS) is 34.6. The van der Waals surface area contributed by atoms with Crippen LogP contribution in [0.15, 0.2) is 10.7 Å². The smallest absolute Gasteiger partial charge is 0.0998 e. The fourth-order valence-electron chi connectivity index (χ4n) is 3.64. The molecule has 4 atom stereocenters. The third kappa shape index (κ3) is 1.54. The highest BCUT2D eigenvalue weighted by atomic mass is 79.9. The predicted molar refractivity (Wildman–Crippen MR) is 64.8 cm³/mol. The first-order valence-electron chi connectivity index (χ1n) is 6.02. The first-order chi connectivity index (χ1) is 7.66. The van der Waals surface area contributed by atoms with Gasteiger partial charge in [0, 0.05) is 7.05 Å². The minimum Gasteiger partial charge on any atom is -0.386 e. The summed E-state index contributed by atoms with van der Waals surface area (Å²) in [6, 6.07) is 0. The van der Waals surface area contributed by atoms with Gasteiger partial charge >= 0.3 is 0 Å². The third-order valence-electron chi connectivity index (χ3n) is 4.42. The quantitative estimate of drug-likeness (QED) is 0.907. The highest BCUT2D eigenvalue weighted by Gasteiger charge is 2.44. The van der Waals surface area contributed by atoms with Gasteiger partial charge in [-0.3, -0.25) is 4.68 Å². The van der Waals surface area contributed by atoms with E-state index in [9.17, 15) is 5.11 Å². The molecule has 88 valence electrons. The van der Waals surface area contributed by atoms with Crippen molar-refractivity contribution in [2.45, 2.75) is 31.8 Å². The van der Waals surface area contributed by atoms with Crippen LogP contribution in [-0.2, 0) is 7.05 Å². The summed E-state index contributed by atoms with van der Waals surface area (Å²) in [4.78, 5) is 0. The standard InChI is InChI=1S/C12H17BrN2O/c1-15-11(10(13)6-14-15)12(16)9-5-7-2-3-8(9)4-7/h6-9,12,16H,2-5H2,1H3. The molecule has 0 saturated heterocycles.